The summed E-state index contributed by atoms with van der Waals surface area (Å²) < 4.78 is 10.7. The van der Waals surface area contributed by atoms with Crippen LogP contribution in [0.15, 0.2) is 84.9 Å². The van der Waals surface area contributed by atoms with Gasteiger partial charge in [-0.05, 0) is 56.2 Å². The number of amides is 3. The van der Waals surface area contributed by atoms with Crippen molar-refractivity contribution in [3.8, 4) is 5.75 Å². The maximum absolute atomic E-state index is 13.9. The third-order valence-corrected chi connectivity index (χ3v) is 5.76. The number of carbonyl (C=O) groups excluding carboxylic acids is 3. The Morgan fingerprint density at radius 3 is 2.37 bits per heavy atom. The molecule has 0 saturated carbocycles. The number of anilines is 2. The molecule has 3 aromatic carbocycles. The summed E-state index contributed by atoms with van der Waals surface area (Å²) >= 11 is 0. The number of hydrogen-bond donors (Lipinski definition) is 2. The fourth-order valence-corrected chi connectivity index (χ4v) is 4.20. The molecule has 0 bridgehead atoms. The minimum Gasteiger partial charge on any atom is -0.497 e. The molecule has 1 atom stereocenters. The fraction of sp³-hybridized carbons (Fsp3) is 0.233. The lowest BCUT2D eigenvalue weighted by Gasteiger charge is -2.27. The number of benzene rings is 3. The molecule has 3 amide bonds. The standard InChI is InChI=1S/C30H31N3O5/c1-30(2,3)38-27(34)19-33-26-16-9-8-15-23(26)24(20-11-6-5-7-12-20)18-25(28(33)35)32-29(36)31-21-13-10-14-22(17-21)37-4/h5-18,25H,19H2,1-4H3,(H2,31,32,36). The Balaban J connectivity index is 1.71. The van der Waals surface area contributed by atoms with E-state index in [0.717, 1.165) is 16.7 Å². The number of urea groups is 1. The lowest BCUT2D eigenvalue weighted by Crippen LogP contribution is -2.50. The number of methoxy groups -OCH3 is 1. The normalized spacial score (nSPS) is 15.1. The first kappa shape index (κ1) is 26.5. The number of esters is 1. The molecule has 196 valence electrons. The van der Waals surface area contributed by atoms with E-state index in [1.807, 2.05) is 42.5 Å². The molecule has 3 aromatic rings. The molecule has 0 radical (unpaired) electrons. The summed E-state index contributed by atoms with van der Waals surface area (Å²) in [6.45, 7) is 5.00. The van der Waals surface area contributed by atoms with Crippen LogP contribution in [0.2, 0.25) is 0 Å². The maximum Gasteiger partial charge on any atom is 0.326 e. The van der Waals surface area contributed by atoms with Gasteiger partial charge in [0.1, 0.15) is 23.9 Å². The predicted molar refractivity (Wildman–Crippen MR) is 147 cm³/mol. The van der Waals surface area contributed by atoms with Crippen LogP contribution in [0.5, 0.6) is 5.75 Å². The Labute approximate surface area is 222 Å². The van der Waals surface area contributed by atoms with Crippen LogP contribution in [0.4, 0.5) is 16.2 Å². The lowest BCUT2D eigenvalue weighted by molar-refractivity contribution is -0.153. The van der Waals surface area contributed by atoms with Crippen molar-refractivity contribution in [2.24, 2.45) is 0 Å². The number of fused-ring (bicyclic) bond motifs is 1. The van der Waals surface area contributed by atoms with Crippen LogP contribution < -0.4 is 20.3 Å². The maximum atomic E-state index is 13.9. The number of carbonyl (C=O) groups is 3. The Kier molecular flexibility index (Phi) is 7.81. The molecular formula is C30H31N3O5. The van der Waals surface area contributed by atoms with Gasteiger partial charge in [-0.3, -0.25) is 14.5 Å². The molecule has 1 heterocycles. The summed E-state index contributed by atoms with van der Waals surface area (Å²) in [5, 5.41) is 5.52. The highest BCUT2D eigenvalue weighted by Gasteiger charge is 2.34. The van der Waals surface area contributed by atoms with E-state index in [-0.39, 0.29) is 6.54 Å². The highest BCUT2D eigenvalue weighted by atomic mass is 16.6. The van der Waals surface area contributed by atoms with Gasteiger partial charge in [-0.15, -0.1) is 0 Å². The molecule has 8 nitrogen and oxygen atoms in total. The summed E-state index contributed by atoms with van der Waals surface area (Å²) in [4.78, 5) is 41.1. The summed E-state index contributed by atoms with van der Waals surface area (Å²) in [7, 11) is 1.54. The highest BCUT2D eigenvalue weighted by molar-refractivity contribution is 6.09. The van der Waals surface area contributed by atoms with Crippen molar-refractivity contribution in [3.63, 3.8) is 0 Å². The number of ether oxygens (including phenoxy) is 2. The second kappa shape index (κ2) is 11.2. The quantitative estimate of drug-likeness (QED) is 0.452. The molecular weight excluding hydrogens is 482 g/mol. The van der Waals surface area contributed by atoms with Gasteiger partial charge >= 0.3 is 12.0 Å². The van der Waals surface area contributed by atoms with Crippen LogP contribution >= 0.6 is 0 Å². The molecule has 0 aromatic heterocycles. The number of rotatable bonds is 6. The number of nitrogens with zero attached hydrogens (tertiary/aromatic N) is 1. The van der Waals surface area contributed by atoms with Crippen LogP contribution in [-0.4, -0.2) is 43.2 Å². The van der Waals surface area contributed by atoms with E-state index in [4.69, 9.17) is 9.47 Å². The van der Waals surface area contributed by atoms with Gasteiger partial charge < -0.3 is 20.1 Å². The summed E-state index contributed by atoms with van der Waals surface area (Å²) in [6, 6.07) is 22.2. The van der Waals surface area contributed by atoms with E-state index in [2.05, 4.69) is 10.6 Å². The van der Waals surface area contributed by atoms with Gasteiger partial charge in [0.15, 0.2) is 0 Å². The Hall–Kier alpha value is -4.59. The average molecular weight is 514 g/mol. The Morgan fingerprint density at radius 2 is 1.66 bits per heavy atom. The van der Waals surface area contributed by atoms with Crippen molar-refractivity contribution in [2.75, 3.05) is 23.9 Å². The first-order chi connectivity index (χ1) is 18.1. The zero-order valence-electron chi connectivity index (χ0n) is 21.9. The molecule has 0 aliphatic carbocycles. The number of para-hydroxylation sites is 1. The minimum absolute atomic E-state index is 0.307. The summed E-state index contributed by atoms with van der Waals surface area (Å²) in [5.74, 6) is -0.433. The third kappa shape index (κ3) is 6.39. The van der Waals surface area contributed by atoms with Gasteiger partial charge in [0.2, 0.25) is 0 Å². The molecule has 0 saturated heterocycles. The smallest absolute Gasteiger partial charge is 0.326 e. The molecule has 4 rings (SSSR count). The molecule has 8 heteroatoms. The van der Waals surface area contributed by atoms with Crippen LogP contribution in [0.1, 0.15) is 31.9 Å². The predicted octanol–water partition coefficient (Wildman–Crippen LogP) is 5.01. The molecule has 2 N–H and O–H groups in total. The monoisotopic (exact) mass is 513 g/mol. The van der Waals surface area contributed by atoms with Crippen molar-refractivity contribution in [1.29, 1.82) is 0 Å². The summed E-state index contributed by atoms with van der Waals surface area (Å²) in [6.07, 6.45) is 1.72. The largest absolute Gasteiger partial charge is 0.497 e. The van der Waals surface area contributed by atoms with Gasteiger partial charge in [0, 0.05) is 17.3 Å². The Morgan fingerprint density at radius 1 is 0.947 bits per heavy atom. The molecule has 0 spiro atoms. The topological polar surface area (TPSA) is 97.0 Å². The van der Waals surface area contributed by atoms with Crippen molar-refractivity contribution < 1.29 is 23.9 Å². The van der Waals surface area contributed by atoms with Gasteiger partial charge in [0.05, 0.1) is 12.8 Å². The minimum atomic E-state index is -1.06. The van der Waals surface area contributed by atoms with Gasteiger partial charge in [0.25, 0.3) is 5.91 Å². The van der Waals surface area contributed by atoms with Crippen LogP contribution in [0.25, 0.3) is 5.57 Å². The van der Waals surface area contributed by atoms with E-state index in [9.17, 15) is 14.4 Å². The van der Waals surface area contributed by atoms with Crippen LogP contribution in [-0.2, 0) is 14.3 Å². The SMILES string of the molecule is COc1cccc(NC(=O)NC2C=C(c3ccccc3)c3ccccc3N(CC(=O)OC(C)(C)C)C2=O)c1. The highest BCUT2D eigenvalue weighted by Crippen LogP contribution is 2.35. The van der Waals surface area contributed by atoms with E-state index < -0.39 is 29.6 Å². The van der Waals surface area contributed by atoms with Crippen molar-refractivity contribution in [3.05, 3.63) is 96.1 Å². The Bertz CT molecular complexity index is 1360. The zero-order chi connectivity index (χ0) is 27.3. The van der Waals surface area contributed by atoms with Crippen molar-refractivity contribution in [2.45, 2.75) is 32.4 Å². The molecule has 38 heavy (non-hydrogen) atoms. The second-order valence-electron chi connectivity index (χ2n) is 9.78. The number of nitrogens with one attached hydrogen (secondary N) is 2. The molecule has 1 aliphatic heterocycles. The van der Waals surface area contributed by atoms with Crippen molar-refractivity contribution >= 4 is 34.9 Å². The van der Waals surface area contributed by atoms with Crippen LogP contribution in [0, 0.1) is 0 Å². The lowest BCUT2D eigenvalue weighted by atomic mass is 9.95. The summed E-state index contributed by atoms with van der Waals surface area (Å²) in [5.41, 5.74) is 2.72. The van der Waals surface area contributed by atoms with Gasteiger partial charge in [-0.25, -0.2) is 4.79 Å². The third-order valence-electron chi connectivity index (χ3n) is 5.76. The van der Waals surface area contributed by atoms with E-state index in [1.165, 1.54) is 12.0 Å². The molecule has 1 unspecified atom stereocenters. The second-order valence-corrected chi connectivity index (χ2v) is 9.78. The number of hydrogen-bond acceptors (Lipinski definition) is 5. The first-order valence-corrected chi connectivity index (χ1v) is 12.3. The molecule has 1 aliphatic rings. The van der Waals surface area contributed by atoms with Crippen molar-refractivity contribution in [1.82, 2.24) is 5.32 Å². The van der Waals surface area contributed by atoms with Crippen LogP contribution in [0.3, 0.4) is 0 Å². The average Bonchev–Trinajstić information content (AvgIpc) is 2.99. The van der Waals surface area contributed by atoms with Gasteiger partial charge in [-0.1, -0.05) is 54.6 Å². The first-order valence-electron chi connectivity index (χ1n) is 12.3. The van der Waals surface area contributed by atoms with Gasteiger partial charge in [-0.2, -0.15) is 0 Å². The zero-order valence-corrected chi connectivity index (χ0v) is 21.9. The molecule has 0 fully saturated rings. The van der Waals surface area contributed by atoms with E-state index >= 15 is 0 Å². The fourth-order valence-electron chi connectivity index (χ4n) is 4.20. The van der Waals surface area contributed by atoms with E-state index in [0.29, 0.717) is 17.1 Å². The van der Waals surface area contributed by atoms with E-state index in [1.54, 1.807) is 63.2 Å².